The van der Waals surface area contributed by atoms with Crippen molar-refractivity contribution in [1.82, 2.24) is 0 Å². The maximum atomic E-state index is 9.88. The number of carboxylic acids is 1. The minimum Gasteiger partial charge on any atom is -0.603 e. The Morgan fingerprint density at radius 3 is 2.33 bits per heavy atom. The van der Waals surface area contributed by atoms with E-state index in [-0.39, 0.29) is 5.57 Å². The van der Waals surface area contributed by atoms with E-state index in [1.165, 1.54) is 0 Å². The lowest BCUT2D eigenvalue weighted by Crippen LogP contribution is -2.01. The number of carbonyl (C=O) groups is 1. The fourth-order valence-corrected chi connectivity index (χ4v) is 0.566. The fraction of sp³-hybridized carbons (Fsp3) is 0. The zero-order valence-electron chi connectivity index (χ0n) is 4.44. The second-order valence-corrected chi connectivity index (χ2v) is 2.13. The summed E-state index contributed by atoms with van der Waals surface area (Å²) in [4.78, 5) is 27.8. The van der Waals surface area contributed by atoms with E-state index in [4.69, 9.17) is 10.00 Å². The summed E-state index contributed by atoms with van der Waals surface area (Å²) in [5, 5.41) is 8.06. The standard InChI is InChI=1S/C4H5O4P/c1-3(4(5)6)2-9(7)8/h2H,1H2,(H,5,6)(H,7,8). The molecule has 1 atom stereocenters. The topological polar surface area (TPSA) is 80.6 Å². The van der Waals surface area contributed by atoms with Gasteiger partial charge in [-0.25, -0.2) is 4.79 Å². The van der Waals surface area contributed by atoms with E-state index in [1.54, 1.807) is 0 Å². The molecule has 1 unspecified atom stereocenters. The van der Waals surface area contributed by atoms with Crippen LogP contribution in [-0.2, 0) is 4.79 Å². The van der Waals surface area contributed by atoms with Crippen LogP contribution in [0.1, 0.15) is 0 Å². The average molecular weight is 148 g/mol. The largest absolute Gasteiger partial charge is 0.603 e. The van der Waals surface area contributed by atoms with Crippen LogP contribution in [0.25, 0.3) is 0 Å². The monoisotopic (exact) mass is 148 g/mol. The van der Waals surface area contributed by atoms with Gasteiger partial charge in [0, 0.05) is 0 Å². The number of rotatable bonds is 2. The molecule has 0 bridgehead atoms. The number of hydrogen-bond acceptors (Lipinski definition) is 3. The molecule has 0 aromatic rings. The molecule has 0 aromatic heterocycles. The van der Waals surface area contributed by atoms with Crippen LogP contribution in [0.3, 0.4) is 0 Å². The first-order valence-corrected chi connectivity index (χ1v) is 3.24. The van der Waals surface area contributed by atoms with Crippen molar-refractivity contribution in [2.75, 3.05) is 0 Å². The quantitative estimate of drug-likeness (QED) is 0.392. The molecule has 0 aliphatic carbocycles. The van der Waals surface area contributed by atoms with Crippen molar-refractivity contribution in [3.63, 3.8) is 0 Å². The first kappa shape index (κ1) is 8.30. The molecule has 2 N–H and O–H groups in total. The molecular weight excluding hydrogens is 143 g/mol. The Bertz CT molecular complexity index is 167. The van der Waals surface area contributed by atoms with Crippen LogP contribution in [0.5, 0.6) is 0 Å². The van der Waals surface area contributed by atoms with Crippen molar-refractivity contribution < 1.29 is 19.7 Å². The van der Waals surface area contributed by atoms with Gasteiger partial charge in [-0.3, -0.25) is 0 Å². The number of carboxylic acid groups (broad SMARTS) is 1. The molecular formula is C4H5O4P. The second-order valence-electron chi connectivity index (χ2n) is 1.26. The summed E-state index contributed by atoms with van der Waals surface area (Å²) in [5.41, 5.74) is -0.362. The Morgan fingerprint density at radius 1 is 1.78 bits per heavy atom. The van der Waals surface area contributed by atoms with Gasteiger partial charge >= 0.3 is 5.97 Å². The summed E-state index contributed by atoms with van der Waals surface area (Å²) in [6.45, 7) is 3.00. The lowest BCUT2D eigenvalue weighted by molar-refractivity contribution is -0.167. The van der Waals surface area contributed by atoms with Gasteiger partial charge in [-0.2, -0.15) is 4.89 Å². The van der Waals surface area contributed by atoms with E-state index in [2.05, 4.69) is 6.58 Å². The molecule has 0 saturated heterocycles. The Kier molecular flexibility index (Phi) is 3.09. The van der Waals surface area contributed by atoms with Gasteiger partial charge in [0.15, 0.2) is 5.80 Å². The van der Waals surface area contributed by atoms with Crippen LogP contribution in [0.2, 0.25) is 0 Å². The van der Waals surface area contributed by atoms with Gasteiger partial charge in [0.2, 0.25) is 8.00 Å². The Morgan fingerprint density at radius 2 is 2.22 bits per heavy atom. The van der Waals surface area contributed by atoms with Crippen LogP contribution in [0.4, 0.5) is 0 Å². The molecule has 0 aliphatic heterocycles. The van der Waals surface area contributed by atoms with Gasteiger partial charge in [0.25, 0.3) is 0 Å². The van der Waals surface area contributed by atoms with Crippen molar-refractivity contribution >= 4 is 19.8 Å². The molecule has 5 heteroatoms. The highest BCUT2D eigenvalue weighted by Crippen LogP contribution is 2.01. The average Bonchev–Trinajstić information content (AvgIpc) is 1.63. The van der Waals surface area contributed by atoms with E-state index < -0.39 is 14.0 Å². The predicted octanol–water partition coefficient (Wildman–Crippen LogP) is -0.906. The smallest absolute Gasteiger partial charge is 0.339 e. The molecule has 0 spiro atoms. The Balaban J connectivity index is 4.09. The van der Waals surface area contributed by atoms with Crippen LogP contribution in [0, 0.1) is 0 Å². The van der Waals surface area contributed by atoms with Crippen molar-refractivity contribution in [2.45, 2.75) is 0 Å². The van der Waals surface area contributed by atoms with Crippen molar-refractivity contribution in [3.8, 4) is 0 Å². The third-order valence-electron chi connectivity index (χ3n) is 0.541. The maximum Gasteiger partial charge on any atom is 0.339 e. The molecule has 0 aromatic carbocycles. The van der Waals surface area contributed by atoms with Crippen molar-refractivity contribution in [2.24, 2.45) is 0 Å². The highest BCUT2D eigenvalue weighted by Gasteiger charge is 2.02. The first-order chi connectivity index (χ1) is 4.04. The van der Waals surface area contributed by atoms with Gasteiger partial charge < -0.3 is 10.00 Å². The van der Waals surface area contributed by atoms with E-state index in [1.807, 2.05) is 0 Å². The van der Waals surface area contributed by atoms with E-state index in [0.29, 0.717) is 5.80 Å². The van der Waals surface area contributed by atoms with Crippen LogP contribution in [0.15, 0.2) is 12.2 Å². The van der Waals surface area contributed by atoms with Crippen molar-refractivity contribution in [1.29, 1.82) is 0 Å². The molecule has 0 fully saturated rings. The zero-order chi connectivity index (χ0) is 7.44. The van der Waals surface area contributed by atoms with Gasteiger partial charge in [-0.15, -0.1) is 0 Å². The third-order valence-corrected chi connectivity index (χ3v) is 1.07. The van der Waals surface area contributed by atoms with E-state index in [9.17, 15) is 9.69 Å². The molecule has 0 aliphatic rings. The molecule has 9 heavy (non-hydrogen) atoms. The highest BCUT2D eigenvalue weighted by atomic mass is 31.1. The highest BCUT2D eigenvalue weighted by molar-refractivity contribution is 7.44. The summed E-state index contributed by atoms with van der Waals surface area (Å²) in [5.74, 6) is -0.607. The normalized spacial score (nSPS) is 11.1. The van der Waals surface area contributed by atoms with Gasteiger partial charge in [-0.05, 0) is 0 Å². The minimum atomic E-state index is -2.53. The predicted molar refractivity (Wildman–Crippen MR) is 32.0 cm³/mol. The lowest BCUT2D eigenvalue weighted by Gasteiger charge is -1.85. The lowest BCUT2D eigenvalue weighted by atomic mass is 10.4. The van der Waals surface area contributed by atoms with Gasteiger partial charge in [0.05, 0.1) is 5.57 Å². The van der Waals surface area contributed by atoms with Gasteiger partial charge in [-0.1, -0.05) is 6.58 Å². The SMILES string of the molecule is C=C(C=[P+]([O-])O)C(=O)O. The second kappa shape index (κ2) is 3.35. The van der Waals surface area contributed by atoms with E-state index in [0.717, 1.165) is 0 Å². The van der Waals surface area contributed by atoms with Crippen molar-refractivity contribution in [3.05, 3.63) is 12.2 Å². The molecule has 50 valence electrons. The third kappa shape index (κ3) is 3.85. The fourth-order valence-electron chi connectivity index (χ4n) is 0.189. The Hall–Kier alpha value is -0.700. The summed E-state index contributed by atoms with van der Waals surface area (Å²) >= 11 is 0. The molecule has 0 rings (SSSR count). The van der Waals surface area contributed by atoms with E-state index >= 15 is 0 Å². The molecule has 0 heterocycles. The van der Waals surface area contributed by atoms with Crippen LogP contribution < -0.4 is 4.89 Å². The molecule has 0 amide bonds. The number of aliphatic carboxylic acids is 1. The first-order valence-electron chi connectivity index (χ1n) is 1.96. The maximum absolute atomic E-state index is 9.88. The minimum absolute atomic E-state index is 0.362. The zero-order valence-corrected chi connectivity index (χ0v) is 5.34. The summed E-state index contributed by atoms with van der Waals surface area (Å²) in [6.07, 6.45) is 0. The molecule has 4 nitrogen and oxygen atoms in total. The summed E-state index contributed by atoms with van der Waals surface area (Å²) < 4.78 is 0. The number of hydrogen-bond donors (Lipinski definition) is 2. The summed E-state index contributed by atoms with van der Waals surface area (Å²) in [6, 6.07) is 0. The summed E-state index contributed by atoms with van der Waals surface area (Å²) in [7, 11) is -2.53. The van der Waals surface area contributed by atoms with Crippen LogP contribution >= 0.6 is 8.00 Å². The van der Waals surface area contributed by atoms with Gasteiger partial charge in [0.1, 0.15) is 0 Å². The molecule has 0 saturated carbocycles. The van der Waals surface area contributed by atoms with Crippen LogP contribution in [-0.4, -0.2) is 21.8 Å². The molecule has 0 radical (unpaired) electrons. The Labute approximate surface area is 52.6 Å².